The summed E-state index contributed by atoms with van der Waals surface area (Å²) in [6, 6.07) is 5.80. The molecule has 0 saturated carbocycles. The van der Waals surface area contributed by atoms with Gasteiger partial charge in [-0.05, 0) is 12.1 Å². The number of carbonyl (C=O) groups is 1. The Kier molecular flexibility index (Phi) is 2.04. The minimum absolute atomic E-state index is 0.0502. The Morgan fingerprint density at radius 3 is 3.00 bits per heavy atom. The van der Waals surface area contributed by atoms with E-state index in [0.29, 0.717) is 6.54 Å². The first-order valence-corrected chi connectivity index (χ1v) is 4.54. The van der Waals surface area contributed by atoms with Crippen molar-refractivity contribution >= 4 is 17.4 Å². The van der Waals surface area contributed by atoms with Crippen LogP contribution in [-0.4, -0.2) is 25.0 Å². The second-order valence-corrected chi connectivity index (χ2v) is 3.37. The lowest BCUT2D eigenvalue weighted by atomic mass is 10.1. The maximum Gasteiger partial charge on any atom is 0.321 e. The molecule has 0 radical (unpaired) electrons. The predicted octanol–water partition coefficient (Wildman–Crippen LogP) is 1.71. The van der Waals surface area contributed by atoms with E-state index in [1.807, 2.05) is 25.2 Å². The molecule has 2 rings (SSSR count). The maximum absolute atomic E-state index is 11.4. The zero-order valence-corrected chi connectivity index (χ0v) is 8.29. The van der Waals surface area contributed by atoms with E-state index in [1.165, 1.54) is 0 Å². The van der Waals surface area contributed by atoms with Crippen LogP contribution in [0.3, 0.4) is 0 Å². The van der Waals surface area contributed by atoms with Crippen LogP contribution in [0.4, 0.5) is 16.2 Å². The molecular formula is C10H13N3O. The molecule has 14 heavy (non-hydrogen) atoms. The van der Waals surface area contributed by atoms with Crippen LogP contribution in [0.15, 0.2) is 18.2 Å². The number of carbonyl (C=O) groups excluding carboxylic acids is 1. The largest absolute Gasteiger partial charge is 0.388 e. The molecule has 0 spiro atoms. The Morgan fingerprint density at radius 2 is 2.29 bits per heavy atom. The average molecular weight is 191 g/mol. The van der Waals surface area contributed by atoms with Crippen molar-refractivity contribution in [2.45, 2.75) is 6.54 Å². The van der Waals surface area contributed by atoms with Gasteiger partial charge in [0.1, 0.15) is 0 Å². The fourth-order valence-electron chi connectivity index (χ4n) is 1.63. The first-order chi connectivity index (χ1) is 6.72. The SMILES string of the molecule is CNc1cccc2c1CN(C)C(=O)N2. The lowest BCUT2D eigenvalue weighted by Gasteiger charge is -2.27. The Hall–Kier alpha value is -1.71. The number of anilines is 2. The highest BCUT2D eigenvalue weighted by Crippen LogP contribution is 2.28. The van der Waals surface area contributed by atoms with Gasteiger partial charge in [0.25, 0.3) is 0 Å². The van der Waals surface area contributed by atoms with Crippen molar-refractivity contribution in [2.75, 3.05) is 24.7 Å². The van der Waals surface area contributed by atoms with Gasteiger partial charge in [0.15, 0.2) is 0 Å². The number of fused-ring (bicyclic) bond motifs is 1. The van der Waals surface area contributed by atoms with Crippen LogP contribution in [0.5, 0.6) is 0 Å². The van der Waals surface area contributed by atoms with Crippen LogP contribution in [0.2, 0.25) is 0 Å². The molecule has 2 N–H and O–H groups in total. The summed E-state index contributed by atoms with van der Waals surface area (Å²) < 4.78 is 0. The molecule has 74 valence electrons. The van der Waals surface area contributed by atoms with Crippen LogP contribution in [0.25, 0.3) is 0 Å². The van der Waals surface area contributed by atoms with Crippen molar-refractivity contribution in [1.29, 1.82) is 0 Å². The minimum Gasteiger partial charge on any atom is -0.388 e. The lowest BCUT2D eigenvalue weighted by molar-refractivity contribution is 0.218. The monoisotopic (exact) mass is 191 g/mol. The number of benzene rings is 1. The van der Waals surface area contributed by atoms with Crippen molar-refractivity contribution in [3.8, 4) is 0 Å². The number of urea groups is 1. The molecule has 1 aromatic rings. The normalized spacial score (nSPS) is 14.7. The van der Waals surface area contributed by atoms with Gasteiger partial charge in [-0.2, -0.15) is 0 Å². The highest BCUT2D eigenvalue weighted by Gasteiger charge is 2.20. The molecule has 0 bridgehead atoms. The third-order valence-corrected chi connectivity index (χ3v) is 2.43. The maximum atomic E-state index is 11.4. The second-order valence-electron chi connectivity index (χ2n) is 3.37. The molecule has 0 atom stereocenters. The molecule has 1 aliphatic rings. The smallest absolute Gasteiger partial charge is 0.321 e. The average Bonchev–Trinajstić information content (AvgIpc) is 2.19. The fourth-order valence-corrected chi connectivity index (χ4v) is 1.63. The van der Waals surface area contributed by atoms with E-state index >= 15 is 0 Å². The summed E-state index contributed by atoms with van der Waals surface area (Å²) in [5.41, 5.74) is 3.10. The van der Waals surface area contributed by atoms with Crippen LogP contribution in [-0.2, 0) is 6.54 Å². The minimum atomic E-state index is -0.0502. The predicted molar refractivity (Wildman–Crippen MR) is 56.5 cm³/mol. The highest BCUT2D eigenvalue weighted by atomic mass is 16.2. The lowest BCUT2D eigenvalue weighted by Crippen LogP contribution is -2.35. The van der Waals surface area contributed by atoms with E-state index in [2.05, 4.69) is 10.6 Å². The van der Waals surface area contributed by atoms with Crippen LogP contribution < -0.4 is 10.6 Å². The van der Waals surface area contributed by atoms with E-state index in [0.717, 1.165) is 16.9 Å². The Morgan fingerprint density at radius 1 is 1.50 bits per heavy atom. The van der Waals surface area contributed by atoms with E-state index in [-0.39, 0.29) is 6.03 Å². The molecule has 4 heteroatoms. The summed E-state index contributed by atoms with van der Waals surface area (Å²) in [4.78, 5) is 13.0. The van der Waals surface area contributed by atoms with E-state index in [1.54, 1.807) is 11.9 Å². The summed E-state index contributed by atoms with van der Waals surface area (Å²) in [7, 11) is 3.66. The Balaban J connectivity index is 2.46. The molecule has 0 saturated heterocycles. The molecular weight excluding hydrogens is 178 g/mol. The summed E-state index contributed by atoms with van der Waals surface area (Å²) in [5.74, 6) is 0. The van der Waals surface area contributed by atoms with Gasteiger partial charge < -0.3 is 15.5 Å². The van der Waals surface area contributed by atoms with E-state index < -0.39 is 0 Å². The van der Waals surface area contributed by atoms with Crippen molar-refractivity contribution in [3.05, 3.63) is 23.8 Å². The van der Waals surface area contributed by atoms with Crippen molar-refractivity contribution in [3.63, 3.8) is 0 Å². The number of hydrogen-bond acceptors (Lipinski definition) is 2. The van der Waals surface area contributed by atoms with Crippen molar-refractivity contribution in [2.24, 2.45) is 0 Å². The second kappa shape index (κ2) is 3.21. The third-order valence-electron chi connectivity index (χ3n) is 2.43. The van der Waals surface area contributed by atoms with E-state index in [4.69, 9.17) is 0 Å². The quantitative estimate of drug-likeness (QED) is 0.709. The van der Waals surface area contributed by atoms with Gasteiger partial charge in [0, 0.05) is 31.0 Å². The first-order valence-electron chi connectivity index (χ1n) is 4.54. The van der Waals surface area contributed by atoms with Crippen LogP contribution in [0, 0.1) is 0 Å². The molecule has 0 fully saturated rings. The molecule has 4 nitrogen and oxygen atoms in total. The number of nitrogens with one attached hydrogen (secondary N) is 2. The number of hydrogen-bond donors (Lipinski definition) is 2. The highest BCUT2D eigenvalue weighted by molar-refractivity contribution is 5.93. The third kappa shape index (κ3) is 1.28. The first kappa shape index (κ1) is 8.87. The molecule has 0 aromatic heterocycles. The van der Waals surface area contributed by atoms with Gasteiger partial charge in [-0.15, -0.1) is 0 Å². The van der Waals surface area contributed by atoms with E-state index in [9.17, 15) is 4.79 Å². The van der Waals surface area contributed by atoms with Crippen molar-refractivity contribution < 1.29 is 4.79 Å². The summed E-state index contributed by atoms with van der Waals surface area (Å²) >= 11 is 0. The standard InChI is InChI=1S/C10H13N3O/c1-11-8-4-3-5-9-7(8)6-13(2)10(14)12-9/h3-5,11H,6H2,1-2H3,(H,12,14). The van der Waals surface area contributed by atoms with Gasteiger partial charge in [0.2, 0.25) is 0 Å². The zero-order valence-electron chi connectivity index (χ0n) is 8.29. The van der Waals surface area contributed by atoms with Gasteiger partial charge in [-0.3, -0.25) is 0 Å². The summed E-state index contributed by atoms with van der Waals surface area (Å²) in [6.07, 6.45) is 0. The van der Waals surface area contributed by atoms with Crippen molar-refractivity contribution in [1.82, 2.24) is 4.90 Å². The zero-order chi connectivity index (χ0) is 10.1. The Bertz CT molecular complexity index is 376. The number of nitrogens with zero attached hydrogens (tertiary/aromatic N) is 1. The summed E-state index contributed by atoms with van der Waals surface area (Å²) in [5, 5.41) is 5.94. The number of rotatable bonds is 1. The van der Waals surface area contributed by atoms with Gasteiger partial charge in [-0.25, -0.2) is 4.79 Å². The molecule has 0 unspecified atom stereocenters. The molecule has 1 aliphatic heterocycles. The van der Waals surface area contributed by atoms with Gasteiger partial charge in [0.05, 0.1) is 6.54 Å². The topological polar surface area (TPSA) is 44.4 Å². The molecule has 1 heterocycles. The molecule has 2 amide bonds. The van der Waals surface area contributed by atoms with Gasteiger partial charge in [-0.1, -0.05) is 6.07 Å². The van der Waals surface area contributed by atoms with Crippen LogP contribution in [0.1, 0.15) is 5.56 Å². The molecule has 0 aliphatic carbocycles. The Labute approximate surface area is 82.9 Å². The van der Waals surface area contributed by atoms with Gasteiger partial charge >= 0.3 is 6.03 Å². The fraction of sp³-hybridized carbons (Fsp3) is 0.300. The van der Waals surface area contributed by atoms with Crippen LogP contribution >= 0.6 is 0 Å². The summed E-state index contributed by atoms with van der Waals surface area (Å²) in [6.45, 7) is 0.651. The number of amides is 2. The molecule has 1 aromatic carbocycles.